The SMILES string of the molecule is CC(C)C(=O)CC(SCC(NC(=O)CCC(N)C(=O)O)C(=O)NCC(=O)O)c1ccccc1. The molecule has 0 saturated carbocycles. The van der Waals surface area contributed by atoms with Crippen molar-refractivity contribution in [3.63, 3.8) is 0 Å². The van der Waals surface area contributed by atoms with Gasteiger partial charge < -0.3 is 26.6 Å². The Morgan fingerprint density at radius 1 is 1.06 bits per heavy atom. The summed E-state index contributed by atoms with van der Waals surface area (Å²) in [6, 6.07) is 6.98. The minimum atomic E-state index is -1.24. The van der Waals surface area contributed by atoms with E-state index in [4.69, 9.17) is 15.9 Å². The number of amides is 2. The first-order chi connectivity index (χ1) is 15.5. The number of benzene rings is 1. The number of carbonyl (C=O) groups is 5. The van der Waals surface area contributed by atoms with Crippen molar-refractivity contribution < 1.29 is 34.2 Å². The maximum Gasteiger partial charge on any atom is 0.322 e. The summed E-state index contributed by atoms with van der Waals surface area (Å²) in [6.45, 7) is 2.99. The second-order valence-corrected chi connectivity index (χ2v) is 9.01. The van der Waals surface area contributed by atoms with Crippen molar-refractivity contribution in [3.05, 3.63) is 35.9 Å². The van der Waals surface area contributed by atoms with Crippen LogP contribution in [0.25, 0.3) is 0 Å². The average molecular weight is 482 g/mol. The van der Waals surface area contributed by atoms with Crippen molar-refractivity contribution in [1.82, 2.24) is 10.6 Å². The molecule has 182 valence electrons. The molecule has 3 unspecified atom stereocenters. The van der Waals surface area contributed by atoms with Crippen molar-refractivity contribution in [2.75, 3.05) is 12.3 Å². The Balaban J connectivity index is 2.92. The molecule has 33 heavy (non-hydrogen) atoms. The summed E-state index contributed by atoms with van der Waals surface area (Å²) in [5, 5.41) is 22.2. The Hall–Kier alpha value is -2.92. The Bertz CT molecular complexity index is 833. The van der Waals surface area contributed by atoms with Gasteiger partial charge in [0.05, 0.1) is 0 Å². The van der Waals surface area contributed by atoms with Crippen LogP contribution in [0.2, 0.25) is 0 Å². The maximum absolute atomic E-state index is 12.5. The van der Waals surface area contributed by atoms with E-state index in [1.54, 1.807) is 13.8 Å². The number of Topliss-reactive ketones (excluding diaryl/α,β-unsaturated/α-hetero) is 1. The molecule has 3 atom stereocenters. The van der Waals surface area contributed by atoms with Crippen molar-refractivity contribution in [2.24, 2.45) is 11.7 Å². The third kappa shape index (κ3) is 11.0. The number of nitrogens with one attached hydrogen (secondary N) is 2. The molecule has 0 aliphatic rings. The fourth-order valence-corrected chi connectivity index (χ4v) is 4.01. The highest BCUT2D eigenvalue weighted by molar-refractivity contribution is 7.99. The zero-order valence-electron chi connectivity index (χ0n) is 18.7. The number of carbonyl (C=O) groups excluding carboxylic acids is 3. The standard InChI is InChI=1S/C22H31N3O7S/c1-13(2)17(26)10-18(14-6-4-3-5-7-14)33-12-16(21(30)24-11-20(28)29)25-19(27)9-8-15(23)22(31)32/h3-7,13,15-16,18H,8-12,23H2,1-2H3,(H,24,30)(H,25,27)(H,28,29)(H,31,32). The number of carboxylic acid groups (broad SMARTS) is 2. The Morgan fingerprint density at radius 3 is 2.24 bits per heavy atom. The molecule has 1 rings (SSSR count). The molecular weight excluding hydrogens is 450 g/mol. The van der Waals surface area contributed by atoms with E-state index < -0.39 is 42.4 Å². The molecular formula is C22H31N3O7S. The molecule has 0 heterocycles. The van der Waals surface area contributed by atoms with Crippen LogP contribution in [0.4, 0.5) is 0 Å². The second kappa shape index (κ2) is 14.3. The van der Waals surface area contributed by atoms with Gasteiger partial charge in [-0.05, 0) is 12.0 Å². The molecule has 0 aliphatic carbocycles. The van der Waals surface area contributed by atoms with Gasteiger partial charge in [0.15, 0.2) is 0 Å². The van der Waals surface area contributed by atoms with Crippen LogP contribution in [0.5, 0.6) is 0 Å². The molecule has 0 saturated heterocycles. The molecule has 10 nitrogen and oxygen atoms in total. The first-order valence-electron chi connectivity index (χ1n) is 10.5. The van der Waals surface area contributed by atoms with Gasteiger partial charge in [-0.25, -0.2) is 0 Å². The van der Waals surface area contributed by atoms with Crippen LogP contribution in [0.1, 0.15) is 43.9 Å². The number of aliphatic carboxylic acids is 2. The zero-order chi connectivity index (χ0) is 25.0. The second-order valence-electron chi connectivity index (χ2n) is 7.77. The summed E-state index contributed by atoms with van der Waals surface area (Å²) in [5.41, 5.74) is 6.30. The molecule has 11 heteroatoms. The molecule has 0 aliphatic heterocycles. The van der Waals surface area contributed by atoms with Crippen LogP contribution in [0.15, 0.2) is 30.3 Å². The van der Waals surface area contributed by atoms with Gasteiger partial charge in [0.25, 0.3) is 0 Å². The number of rotatable bonds is 15. The molecule has 0 radical (unpaired) electrons. The minimum Gasteiger partial charge on any atom is -0.480 e. The average Bonchev–Trinajstić information content (AvgIpc) is 2.77. The smallest absolute Gasteiger partial charge is 0.322 e. The maximum atomic E-state index is 12.5. The molecule has 1 aromatic rings. The van der Waals surface area contributed by atoms with E-state index in [1.807, 2.05) is 30.3 Å². The Labute approximate surface area is 196 Å². The minimum absolute atomic E-state index is 0.0509. The van der Waals surface area contributed by atoms with Gasteiger partial charge in [0.1, 0.15) is 24.4 Å². The van der Waals surface area contributed by atoms with Crippen molar-refractivity contribution in [2.45, 2.75) is 50.4 Å². The van der Waals surface area contributed by atoms with E-state index in [0.29, 0.717) is 0 Å². The van der Waals surface area contributed by atoms with Crippen molar-refractivity contribution in [3.8, 4) is 0 Å². The van der Waals surface area contributed by atoms with Crippen LogP contribution in [-0.2, 0) is 24.0 Å². The molecule has 2 amide bonds. The van der Waals surface area contributed by atoms with E-state index in [0.717, 1.165) is 5.56 Å². The third-order valence-electron chi connectivity index (χ3n) is 4.73. The Morgan fingerprint density at radius 2 is 1.70 bits per heavy atom. The largest absolute Gasteiger partial charge is 0.480 e. The van der Waals surface area contributed by atoms with Crippen LogP contribution < -0.4 is 16.4 Å². The molecule has 0 spiro atoms. The number of thioether (sulfide) groups is 1. The first-order valence-corrected chi connectivity index (χ1v) is 11.5. The van der Waals surface area contributed by atoms with Crippen LogP contribution >= 0.6 is 11.8 Å². The highest BCUT2D eigenvalue weighted by Crippen LogP contribution is 2.33. The fraction of sp³-hybridized carbons (Fsp3) is 0.500. The lowest BCUT2D eigenvalue weighted by molar-refractivity contribution is -0.139. The van der Waals surface area contributed by atoms with Gasteiger partial charge in [0.2, 0.25) is 11.8 Å². The summed E-state index contributed by atoms with van der Waals surface area (Å²) in [7, 11) is 0. The summed E-state index contributed by atoms with van der Waals surface area (Å²) < 4.78 is 0. The quantitative estimate of drug-likeness (QED) is 0.244. The van der Waals surface area contributed by atoms with E-state index >= 15 is 0 Å². The number of hydrogen-bond donors (Lipinski definition) is 5. The lowest BCUT2D eigenvalue weighted by Crippen LogP contribution is -2.49. The summed E-state index contributed by atoms with van der Waals surface area (Å²) >= 11 is 1.30. The van der Waals surface area contributed by atoms with E-state index in [1.165, 1.54) is 11.8 Å². The van der Waals surface area contributed by atoms with Gasteiger partial charge >= 0.3 is 11.9 Å². The molecule has 0 bridgehead atoms. The number of carboxylic acids is 2. The molecule has 1 aromatic carbocycles. The van der Waals surface area contributed by atoms with Crippen LogP contribution in [-0.4, -0.2) is 64.1 Å². The summed E-state index contributed by atoms with van der Waals surface area (Å²) in [6.07, 6.45) is -0.0979. The number of ketones is 1. The van der Waals surface area contributed by atoms with Gasteiger partial charge in [0, 0.05) is 29.8 Å². The van der Waals surface area contributed by atoms with E-state index in [-0.39, 0.29) is 42.0 Å². The highest BCUT2D eigenvalue weighted by Gasteiger charge is 2.26. The monoisotopic (exact) mass is 481 g/mol. The fourth-order valence-electron chi connectivity index (χ4n) is 2.72. The van der Waals surface area contributed by atoms with Gasteiger partial charge in [-0.2, -0.15) is 11.8 Å². The number of nitrogens with two attached hydrogens (primary N) is 1. The molecule has 0 fully saturated rings. The Kier molecular flexibility index (Phi) is 12.2. The lowest BCUT2D eigenvalue weighted by Gasteiger charge is -2.22. The topological polar surface area (TPSA) is 176 Å². The van der Waals surface area contributed by atoms with Crippen LogP contribution in [0, 0.1) is 5.92 Å². The normalized spacial score (nSPS) is 13.6. The van der Waals surface area contributed by atoms with E-state index in [2.05, 4.69) is 10.6 Å². The predicted molar refractivity (Wildman–Crippen MR) is 124 cm³/mol. The van der Waals surface area contributed by atoms with Gasteiger partial charge in [-0.1, -0.05) is 44.2 Å². The van der Waals surface area contributed by atoms with Crippen LogP contribution in [0.3, 0.4) is 0 Å². The molecule has 6 N–H and O–H groups in total. The molecule has 0 aromatic heterocycles. The predicted octanol–water partition coefficient (Wildman–Crippen LogP) is 0.954. The highest BCUT2D eigenvalue weighted by atomic mass is 32.2. The third-order valence-corrected chi connectivity index (χ3v) is 6.10. The number of hydrogen-bond acceptors (Lipinski definition) is 7. The lowest BCUT2D eigenvalue weighted by atomic mass is 10.0. The zero-order valence-corrected chi connectivity index (χ0v) is 19.5. The van der Waals surface area contributed by atoms with Crippen molar-refractivity contribution >= 4 is 41.3 Å². The van der Waals surface area contributed by atoms with Crippen molar-refractivity contribution in [1.29, 1.82) is 0 Å². The first kappa shape index (κ1) is 28.1. The summed E-state index contributed by atoms with van der Waals surface area (Å²) in [5.74, 6) is -3.79. The summed E-state index contributed by atoms with van der Waals surface area (Å²) in [4.78, 5) is 58.8. The van der Waals surface area contributed by atoms with Gasteiger partial charge in [-0.15, -0.1) is 0 Å². The van der Waals surface area contributed by atoms with E-state index in [9.17, 15) is 24.0 Å². The van der Waals surface area contributed by atoms with Gasteiger partial charge in [-0.3, -0.25) is 24.0 Å².